The largest absolute Gasteiger partial charge is 0.388 e. The summed E-state index contributed by atoms with van der Waals surface area (Å²) in [6, 6.07) is 5.14. The number of nitrogens with zero attached hydrogens (tertiary/aromatic N) is 1. The number of hydrogen-bond acceptors (Lipinski definition) is 3. The van der Waals surface area contributed by atoms with E-state index >= 15 is 0 Å². The van der Waals surface area contributed by atoms with E-state index in [-0.39, 0.29) is 18.4 Å². The molecule has 0 aliphatic rings. The first-order valence-electron chi connectivity index (χ1n) is 5.35. The summed E-state index contributed by atoms with van der Waals surface area (Å²) < 4.78 is 0. The smallest absolute Gasteiger partial charge is 0.269 e. The zero-order chi connectivity index (χ0) is 12.2. The van der Waals surface area contributed by atoms with E-state index in [4.69, 9.17) is 0 Å². The summed E-state index contributed by atoms with van der Waals surface area (Å²) in [4.78, 5) is 15.6. The zero-order valence-corrected chi connectivity index (χ0v) is 9.90. The van der Waals surface area contributed by atoms with E-state index in [1.54, 1.807) is 31.3 Å². The molecule has 4 heteroatoms. The molecule has 0 bridgehead atoms. The van der Waals surface area contributed by atoms with Crippen LogP contribution < -0.4 is 5.32 Å². The van der Waals surface area contributed by atoms with Crippen LogP contribution in [0, 0.1) is 5.92 Å². The second-order valence-electron chi connectivity index (χ2n) is 4.41. The van der Waals surface area contributed by atoms with Crippen molar-refractivity contribution in [1.29, 1.82) is 0 Å². The van der Waals surface area contributed by atoms with Gasteiger partial charge >= 0.3 is 0 Å². The molecule has 1 unspecified atom stereocenters. The van der Waals surface area contributed by atoms with Crippen LogP contribution in [0.1, 0.15) is 31.3 Å². The first-order valence-corrected chi connectivity index (χ1v) is 5.35. The molecule has 0 radical (unpaired) electrons. The molecule has 0 fully saturated rings. The number of hydrogen-bond donors (Lipinski definition) is 2. The lowest BCUT2D eigenvalue weighted by Crippen LogP contribution is -2.44. The summed E-state index contributed by atoms with van der Waals surface area (Å²) in [6.07, 6.45) is 1.56. The Morgan fingerprint density at radius 3 is 2.75 bits per heavy atom. The van der Waals surface area contributed by atoms with Gasteiger partial charge in [-0.15, -0.1) is 0 Å². The minimum Gasteiger partial charge on any atom is -0.388 e. The predicted octanol–water partition coefficient (Wildman–Crippen LogP) is 1.22. The van der Waals surface area contributed by atoms with E-state index in [9.17, 15) is 9.90 Å². The van der Waals surface area contributed by atoms with Crippen LogP contribution in [0.4, 0.5) is 0 Å². The maximum atomic E-state index is 11.6. The Balaban J connectivity index is 2.54. The number of aromatic nitrogens is 1. The molecule has 1 aromatic rings. The lowest BCUT2D eigenvalue weighted by atomic mass is 9.92. The third kappa shape index (κ3) is 3.31. The molecule has 88 valence electrons. The predicted molar refractivity (Wildman–Crippen MR) is 62.0 cm³/mol. The van der Waals surface area contributed by atoms with Crippen LogP contribution in [-0.2, 0) is 0 Å². The SMILES string of the molecule is CC(C)C(C)(O)CNC(=O)c1ccccn1. The summed E-state index contributed by atoms with van der Waals surface area (Å²) >= 11 is 0. The number of carbonyl (C=O) groups excluding carboxylic acids is 1. The summed E-state index contributed by atoms with van der Waals surface area (Å²) in [5.41, 5.74) is -0.535. The van der Waals surface area contributed by atoms with E-state index in [0.29, 0.717) is 5.69 Å². The molecule has 0 spiro atoms. The highest BCUT2D eigenvalue weighted by atomic mass is 16.3. The van der Waals surface area contributed by atoms with Gasteiger partial charge in [-0.3, -0.25) is 9.78 Å². The average Bonchev–Trinajstić information content (AvgIpc) is 2.27. The van der Waals surface area contributed by atoms with E-state index < -0.39 is 5.60 Å². The Morgan fingerprint density at radius 2 is 2.25 bits per heavy atom. The Morgan fingerprint density at radius 1 is 1.56 bits per heavy atom. The molecule has 1 atom stereocenters. The fourth-order valence-electron chi connectivity index (χ4n) is 1.05. The van der Waals surface area contributed by atoms with Crippen molar-refractivity contribution in [2.24, 2.45) is 5.92 Å². The van der Waals surface area contributed by atoms with Crippen LogP contribution in [0.3, 0.4) is 0 Å². The lowest BCUT2D eigenvalue weighted by molar-refractivity contribution is 0.0142. The molecule has 0 aliphatic carbocycles. The third-order valence-corrected chi connectivity index (χ3v) is 2.75. The summed E-state index contributed by atoms with van der Waals surface area (Å²) in [5.74, 6) is -0.182. The number of rotatable bonds is 4. The van der Waals surface area contributed by atoms with Gasteiger partial charge in [0.05, 0.1) is 5.60 Å². The van der Waals surface area contributed by atoms with Crippen LogP contribution in [0.2, 0.25) is 0 Å². The van der Waals surface area contributed by atoms with Gasteiger partial charge in [0.25, 0.3) is 5.91 Å². The molecule has 1 rings (SSSR count). The topological polar surface area (TPSA) is 62.2 Å². The maximum Gasteiger partial charge on any atom is 0.269 e. The fourth-order valence-corrected chi connectivity index (χ4v) is 1.05. The molecule has 1 amide bonds. The summed E-state index contributed by atoms with van der Waals surface area (Å²) in [5, 5.41) is 12.6. The maximum absolute atomic E-state index is 11.6. The van der Waals surface area contributed by atoms with Gasteiger partial charge in [0.1, 0.15) is 5.69 Å². The molecule has 4 nitrogen and oxygen atoms in total. The van der Waals surface area contributed by atoms with Crippen molar-refractivity contribution in [1.82, 2.24) is 10.3 Å². The Kier molecular flexibility index (Phi) is 4.01. The first-order chi connectivity index (χ1) is 7.43. The highest BCUT2D eigenvalue weighted by molar-refractivity contribution is 5.92. The van der Waals surface area contributed by atoms with Crippen molar-refractivity contribution < 1.29 is 9.90 Å². The van der Waals surface area contributed by atoms with E-state index in [1.807, 2.05) is 13.8 Å². The molecule has 0 saturated heterocycles. The first kappa shape index (κ1) is 12.6. The monoisotopic (exact) mass is 222 g/mol. The fraction of sp³-hybridized carbons (Fsp3) is 0.500. The molecule has 1 heterocycles. The normalized spacial score (nSPS) is 14.6. The minimum absolute atomic E-state index is 0.0801. The number of nitrogens with one attached hydrogen (secondary N) is 1. The Labute approximate surface area is 95.7 Å². The number of carbonyl (C=O) groups is 1. The van der Waals surface area contributed by atoms with E-state index in [0.717, 1.165) is 0 Å². The summed E-state index contributed by atoms with van der Waals surface area (Å²) in [6.45, 7) is 5.75. The van der Waals surface area contributed by atoms with Gasteiger partial charge in [-0.25, -0.2) is 0 Å². The van der Waals surface area contributed by atoms with Crippen LogP contribution >= 0.6 is 0 Å². The van der Waals surface area contributed by atoms with Gasteiger partial charge in [0.15, 0.2) is 0 Å². The number of aliphatic hydroxyl groups is 1. The molecular weight excluding hydrogens is 204 g/mol. The van der Waals surface area contributed by atoms with Crippen molar-refractivity contribution in [2.45, 2.75) is 26.4 Å². The molecule has 0 aromatic carbocycles. The van der Waals surface area contributed by atoms with Gasteiger partial charge in [0, 0.05) is 12.7 Å². The van der Waals surface area contributed by atoms with Crippen LogP contribution in [0.25, 0.3) is 0 Å². The zero-order valence-electron chi connectivity index (χ0n) is 9.90. The van der Waals surface area contributed by atoms with Crippen molar-refractivity contribution in [3.63, 3.8) is 0 Å². The van der Waals surface area contributed by atoms with Crippen molar-refractivity contribution in [3.05, 3.63) is 30.1 Å². The van der Waals surface area contributed by atoms with Crippen molar-refractivity contribution in [3.8, 4) is 0 Å². The van der Waals surface area contributed by atoms with Crippen LogP contribution in [0.15, 0.2) is 24.4 Å². The Bertz CT molecular complexity index is 347. The van der Waals surface area contributed by atoms with Gasteiger partial charge in [-0.05, 0) is 25.0 Å². The van der Waals surface area contributed by atoms with Crippen molar-refractivity contribution >= 4 is 5.91 Å². The van der Waals surface area contributed by atoms with Gasteiger partial charge in [0.2, 0.25) is 0 Å². The molecular formula is C12H18N2O2. The molecule has 0 aliphatic heterocycles. The van der Waals surface area contributed by atoms with E-state index in [2.05, 4.69) is 10.3 Å². The molecule has 16 heavy (non-hydrogen) atoms. The average molecular weight is 222 g/mol. The quantitative estimate of drug-likeness (QED) is 0.805. The second-order valence-corrected chi connectivity index (χ2v) is 4.41. The van der Waals surface area contributed by atoms with Gasteiger partial charge in [-0.2, -0.15) is 0 Å². The van der Waals surface area contributed by atoms with E-state index in [1.165, 1.54) is 0 Å². The van der Waals surface area contributed by atoms with Gasteiger partial charge in [-0.1, -0.05) is 19.9 Å². The standard InChI is InChI=1S/C12H18N2O2/c1-9(2)12(3,16)8-14-11(15)10-6-4-5-7-13-10/h4-7,9,16H,8H2,1-3H3,(H,14,15). The highest BCUT2D eigenvalue weighted by Crippen LogP contribution is 2.14. The molecule has 2 N–H and O–H groups in total. The number of pyridine rings is 1. The van der Waals surface area contributed by atoms with Crippen LogP contribution in [0.5, 0.6) is 0 Å². The third-order valence-electron chi connectivity index (χ3n) is 2.75. The Hall–Kier alpha value is -1.42. The highest BCUT2D eigenvalue weighted by Gasteiger charge is 2.25. The summed E-state index contributed by atoms with van der Waals surface area (Å²) in [7, 11) is 0. The van der Waals surface area contributed by atoms with Crippen molar-refractivity contribution in [2.75, 3.05) is 6.54 Å². The number of amides is 1. The van der Waals surface area contributed by atoms with Crippen LogP contribution in [-0.4, -0.2) is 28.1 Å². The molecule has 0 saturated carbocycles. The molecule has 1 aromatic heterocycles. The lowest BCUT2D eigenvalue weighted by Gasteiger charge is -2.27. The minimum atomic E-state index is -0.898. The second kappa shape index (κ2) is 5.07. The van der Waals surface area contributed by atoms with Gasteiger partial charge < -0.3 is 10.4 Å².